The number of carbonyl (C=O) groups excluding carboxylic acids is 1. The van der Waals surface area contributed by atoms with E-state index in [4.69, 9.17) is 9.47 Å². The Labute approximate surface area is 260 Å². The fraction of sp³-hybridized carbons (Fsp3) is 0.389. The molecule has 0 aromatic heterocycles. The summed E-state index contributed by atoms with van der Waals surface area (Å²) < 4.78 is 11.2. The highest BCUT2D eigenvalue weighted by Crippen LogP contribution is 2.39. The lowest BCUT2D eigenvalue weighted by Crippen LogP contribution is -2.59. The second kappa shape index (κ2) is 14.0. The van der Waals surface area contributed by atoms with Crippen LogP contribution in [0.3, 0.4) is 0 Å². The number of anilines is 1. The highest BCUT2D eigenvalue weighted by atomic mass is 16.6. The summed E-state index contributed by atoms with van der Waals surface area (Å²) in [6, 6.07) is 23.8. The van der Waals surface area contributed by atoms with Crippen molar-refractivity contribution in [2.45, 2.75) is 51.7 Å². The minimum atomic E-state index is -0.908. The zero-order valence-corrected chi connectivity index (χ0v) is 25.9. The van der Waals surface area contributed by atoms with E-state index in [9.17, 15) is 14.7 Å². The Morgan fingerprint density at radius 1 is 1.02 bits per heavy atom. The number of hydrogen-bond acceptors (Lipinski definition) is 5. The molecule has 2 N–H and O–H groups in total. The molecule has 3 aliphatic rings. The van der Waals surface area contributed by atoms with Gasteiger partial charge in [0.2, 0.25) is 0 Å². The van der Waals surface area contributed by atoms with Crippen molar-refractivity contribution >= 4 is 23.9 Å². The van der Waals surface area contributed by atoms with Gasteiger partial charge in [-0.3, -0.25) is 4.90 Å². The van der Waals surface area contributed by atoms with Gasteiger partial charge in [-0.05, 0) is 100 Å². The number of carboxylic acid groups (broad SMARTS) is 1. The highest BCUT2D eigenvalue weighted by Gasteiger charge is 2.40. The lowest BCUT2D eigenvalue weighted by Gasteiger charge is -2.48. The van der Waals surface area contributed by atoms with Crippen LogP contribution in [0.2, 0.25) is 0 Å². The van der Waals surface area contributed by atoms with E-state index in [2.05, 4.69) is 10.2 Å². The van der Waals surface area contributed by atoms with Gasteiger partial charge >= 0.3 is 12.2 Å². The molecule has 0 aliphatic carbocycles. The Balaban J connectivity index is 1.23. The van der Waals surface area contributed by atoms with Gasteiger partial charge in [-0.15, -0.1) is 0 Å². The van der Waals surface area contributed by atoms with E-state index < -0.39 is 17.8 Å². The van der Waals surface area contributed by atoms with E-state index in [1.54, 1.807) is 4.90 Å². The summed E-state index contributed by atoms with van der Waals surface area (Å²) in [6.45, 7) is 9.26. The van der Waals surface area contributed by atoms with E-state index >= 15 is 0 Å². The molecule has 2 amide bonds. The van der Waals surface area contributed by atoms with Crippen molar-refractivity contribution < 1.29 is 24.2 Å². The fourth-order valence-corrected chi connectivity index (χ4v) is 6.07. The number of rotatable bonds is 10. The zero-order valence-electron chi connectivity index (χ0n) is 25.9. The van der Waals surface area contributed by atoms with Gasteiger partial charge in [-0.25, -0.2) is 9.59 Å². The molecule has 3 heterocycles. The first kappa shape index (κ1) is 31.1. The monoisotopic (exact) mass is 597 g/mol. The van der Waals surface area contributed by atoms with E-state index in [1.807, 2.05) is 106 Å². The summed E-state index contributed by atoms with van der Waals surface area (Å²) in [7, 11) is 0. The standard InChI is InChI=1S/C36H43N3O5/c1-36(2,3)44-34(40)37-20-17-26-11-14-30(15-12-26)43-23-7-8-27-13-16-31(28-9-5-4-6-10-28)32(24-27)39(35(41)42)33-25-38-21-18-29(33)19-22-38/h4-16,24,29,33H,17-23,25H2,1-3H3,(H,37,40)(H,41,42)/b8-7+/t33-/m0/s1. The first-order valence-corrected chi connectivity index (χ1v) is 15.5. The lowest BCUT2D eigenvalue weighted by atomic mass is 9.82. The summed E-state index contributed by atoms with van der Waals surface area (Å²) in [4.78, 5) is 28.6. The quantitative estimate of drug-likeness (QED) is 0.259. The summed E-state index contributed by atoms with van der Waals surface area (Å²) in [5.74, 6) is 1.12. The minimum Gasteiger partial charge on any atom is -0.490 e. The van der Waals surface area contributed by atoms with Crippen molar-refractivity contribution in [3.63, 3.8) is 0 Å². The van der Waals surface area contributed by atoms with Crippen LogP contribution in [-0.2, 0) is 11.2 Å². The Bertz CT molecular complexity index is 1440. The number of amides is 2. The van der Waals surface area contributed by atoms with E-state index in [1.165, 1.54) is 0 Å². The maximum Gasteiger partial charge on any atom is 0.412 e. The summed E-state index contributed by atoms with van der Waals surface area (Å²) in [6.07, 6.45) is 5.36. The average Bonchev–Trinajstić information content (AvgIpc) is 3.00. The number of piperidine rings is 3. The van der Waals surface area contributed by atoms with Crippen LogP contribution in [0.25, 0.3) is 17.2 Å². The molecule has 3 fully saturated rings. The van der Waals surface area contributed by atoms with Gasteiger partial charge in [0, 0.05) is 18.7 Å². The number of nitrogens with zero attached hydrogens (tertiary/aromatic N) is 2. The second-order valence-corrected chi connectivity index (χ2v) is 12.5. The molecule has 3 aromatic rings. The predicted molar refractivity (Wildman–Crippen MR) is 174 cm³/mol. The molecule has 3 aliphatic heterocycles. The van der Waals surface area contributed by atoms with Crippen molar-refractivity contribution in [2.24, 2.45) is 5.92 Å². The molecule has 2 bridgehead atoms. The largest absolute Gasteiger partial charge is 0.490 e. The van der Waals surface area contributed by atoms with Gasteiger partial charge < -0.3 is 24.8 Å². The number of nitrogens with one attached hydrogen (secondary N) is 1. The molecule has 8 heteroatoms. The molecule has 3 saturated heterocycles. The SMILES string of the molecule is CC(C)(C)OC(=O)NCCc1ccc(OC/C=C/c2ccc(-c3ccccc3)c(N(C(=O)O)[C@H]3CN4CCC3CC4)c2)cc1. The molecule has 0 spiro atoms. The molecule has 0 unspecified atom stereocenters. The van der Waals surface area contributed by atoms with Crippen molar-refractivity contribution in [3.05, 3.63) is 90.0 Å². The average molecular weight is 598 g/mol. The third kappa shape index (κ3) is 8.20. The van der Waals surface area contributed by atoms with Crippen molar-refractivity contribution in [2.75, 3.05) is 37.7 Å². The van der Waals surface area contributed by atoms with Gasteiger partial charge in [-0.2, -0.15) is 0 Å². The molecule has 6 rings (SSSR count). The van der Waals surface area contributed by atoms with E-state index in [-0.39, 0.29) is 6.04 Å². The van der Waals surface area contributed by atoms with Crippen LogP contribution in [0.1, 0.15) is 44.7 Å². The fourth-order valence-electron chi connectivity index (χ4n) is 6.07. The van der Waals surface area contributed by atoms with Crippen LogP contribution in [0.15, 0.2) is 78.9 Å². The molecular weight excluding hydrogens is 554 g/mol. The van der Waals surface area contributed by atoms with Crippen molar-refractivity contribution in [1.82, 2.24) is 10.2 Å². The number of benzene rings is 3. The normalized spacial score (nSPS) is 19.5. The second-order valence-electron chi connectivity index (χ2n) is 12.5. The zero-order chi connectivity index (χ0) is 31.1. The van der Waals surface area contributed by atoms with Gasteiger partial charge in [-0.1, -0.05) is 60.7 Å². The lowest BCUT2D eigenvalue weighted by molar-refractivity contribution is 0.0528. The van der Waals surface area contributed by atoms with E-state index in [0.717, 1.165) is 66.2 Å². The van der Waals surface area contributed by atoms with Gasteiger partial charge in [0.15, 0.2) is 0 Å². The van der Waals surface area contributed by atoms with Crippen molar-refractivity contribution in [3.8, 4) is 16.9 Å². The first-order valence-electron chi connectivity index (χ1n) is 15.5. The van der Waals surface area contributed by atoms with Crippen LogP contribution in [0.5, 0.6) is 5.75 Å². The third-order valence-corrected chi connectivity index (χ3v) is 8.19. The maximum absolute atomic E-state index is 12.8. The molecule has 44 heavy (non-hydrogen) atoms. The molecule has 8 nitrogen and oxygen atoms in total. The number of ether oxygens (including phenoxy) is 2. The third-order valence-electron chi connectivity index (χ3n) is 8.19. The molecule has 3 aromatic carbocycles. The van der Waals surface area contributed by atoms with Crippen LogP contribution in [0, 0.1) is 5.92 Å². The van der Waals surface area contributed by atoms with Crippen LogP contribution < -0.4 is 15.0 Å². The summed E-state index contributed by atoms with van der Waals surface area (Å²) in [5.41, 5.74) is 4.13. The molecule has 0 radical (unpaired) electrons. The summed E-state index contributed by atoms with van der Waals surface area (Å²) in [5, 5.41) is 13.3. The van der Waals surface area contributed by atoms with Gasteiger partial charge in [0.05, 0.1) is 11.7 Å². The van der Waals surface area contributed by atoms with Crippen LogP contribution >= 0.6 is 0 Å². The number of fused-ring (bicyclic) bond motifs is 3. The Morgan fingerprint density at radius 3 is 2.39 bits per heavy atom. The Morgan fingerprint density at radius 2 is 1.75 bits per heavy atom. The van der Waals surface area contributed by atoms with Crippen LogP contribution in [-0.4, -0.2) is 66.6 Å². The molecule has 1 atom stereocenters. The molecular formula is C36H43N3O5. The van der Waals surface area contributed by atoms with Crippen molar-refractivity contribution in [1.29, 1.82) is 0 Å². The Kier molecular flexibility index (Phi) is 9.90. The topological polar surface area (TPSA) is 91.3 Å². The van der Waals surface area contributed by atoms with E-state index in [0.29, 0.717) is 25.5 Å². The van der Waals surface area contributed by atoms with Gasteiger partial charge in [0.1, 0.15) is 18.0 Å². The predicted octanol–water partition coefficient (Wildman–Crippen LogP) is 7.09. The molecule has 0 saturated carbocycles. The van der Waals surface area contributed by atoms with Gasteiger partial charge in [0.25, 0.3) is 0 Å². The Hall–Kier alpha value is -4.30. The summed E-state index contributed by atoms with van der Waals surface area (Å²) >= 11 is 0. The molecule has 232 valence electrons. The number of hydrogen-bond donors (Lipinski definition) is 2. The highest BCUT2D eigenvalue weighted by molar-refractivity contribution is 5.94. The smallest absolute Gasteiger partial charge is 0.412 e. The number of carbonyl (C=O) groups is 2. The first-order chi connectivity index (χ1) is 21.2. The van der Waals surface area contributed by atoms with Crippen LogP contribution in [0.4, 0.5) is 15.3 Å². The minimum absolute atomic E-state index is 0.0592. The maximum atomic E-state index is 12.8. The number of alkyl carbamates (subject to hydrolysis) is 1.